The second kappa shape index (κ2) is 8.55. The van der Waals surface area contributed by atoms with Crippen molar-refractivity contribution in [1.29, 1.82) is 0 Å². The van der Waals surface area contributed by atoms with Gasteiger partial charge < -0.3 is 10.1 Å². The number of aryl methyl sites for hydroxylation is 2. The molecule has 1 aliphatic heterocycles. The number of nitrogens with zero attached hydrogens (tertiary/aromatic N) is 2. The van der Waals surface area contributed by atoms with Crippen LogP contribution in [-0.2, 0) is 35.8 Å². The van der Waals surface area contributed by atoms with E-state index in [1.807, 2.05) is 12.1 Å². The Labute approximate surface area is 183 Å². The van der Waals surface area contributed by atoms with E-state index in [0.29, 0.717) is 31.3 Å². The first kappa shape index (κ1) is 20.4. The molecule has 0 bridgehead atoms. The molecular formula is C24H27N3O3S. The molecule has 5 rings (SSSR count). The third kappa shape index (κ3) is 4.72. The summed E-state index contributed by atoms with van der Waals surface area (Å²) in [5, 5.41) is 4.57. The lowest BCUT2D eigenvalue weighted by molar-refractivity contribution is 0.290. The van der Waals surface area contributed by atoms with E-state index >= 15 is 0 Å². The van der Waals surface area contributed by atoms with Crippen LogP contribution < -0.4 is 10.1 Å². The highest BCUT2D eigenvalue weighted by molar-refractivity contribution is 7.91. The van der Waals surface area contributed by atoms with Gasteiger partial charge in [-0.2, -0.15) is 0 Å². The van der Waals surface area contributed by atoms with E-state index in [0.717, 1.165) is 41.3 Å². The predicted octanol–water partition coefficient (Wildman–Crippen LogP) is 3.22. The van der Waals surface area contributed by atoms with E-state index in [1.54, 1.807) is 12.4 Å². The third-order valence-corrected chi connectivity index (χ3v) is 8.08. The SMILES string of the molecule is O=S1(=O)CCC(CNCc2cc3cc4c(cc3nc2OCc2cccnc2)CCC4)C1. The van der Waals surface area contributed by atoms with E-state index < -0.39 is 9.84 Å². The van der Waals surface area contributed by atoms with Gasteiger partial charge in [-0.05, 0) is 73.5 Å². The number of aromatic nitrogens is 2. The number of fused-ring (bicyclic) bond motifs is 2. The fourth-order valence-corrected chi connectivity index (χ4v) is 6.47. The van der Waals surface area contributed by atoms with Gasteiger partial charge in [0.25, 0.3) is 0 Å². The summed E-state index contributed by atoms with van der Waals surface area (Å²) in [6.45, 7) is 1.69. The Morgan fingerprint density at radius 2 is 2.03 bits per heavy atom. The average Bonchev–Trinajstić information content (AvgIpc) is 3.36. The van der Waals surface area contributed by atoms with Crippen LogP contribution in [0.2, 0.25) is 0 Å². The molecule has 1 atom stereocenters. The molecule has 0 radical (unpaired) electrons. The second-order valence-corrected chi connectivity index (χ2v) is 10.9. The summed E-state index contributed by atoms with van der Waals surface area (Å²) in [5.41, 5.74) is 5.77. The number of sulfone groups is 1. The second-order valence-electron chi connectivity index (χ2n) is 8.67. The van der Waals surface area contributed by atoms with Gasteiger partial charge in [0, 0.05) is 35.5 Å². The smallest absolute Gasteiger partial charge is 0.218 e. The molecule has 1 N–H and O–H groups in total. The van der Waals surface area contributed by atoms with Crippen LogP contribution in [0.25, 0.3) is 10.9 Å². The molecule has 6 nitrogen and oxygen atoms in total. The average molecular weight is 438 g/mol. The van der Waals surface area contributed by atoms with Crippen molar-refractivity contribution in [2.24, 2.45) is 5.92 Å². The first-order chi connectivity index (χ1) is 15.1. The predicted molar refractivity (Wildman–Crippen MR) is 121 cm³/mol. The largest absolute Gasteiger partial charge is 0.472 e. The molecule has 1 unspecified atom stereocenters. The molecule has 3 heterocycles. The van der Waals surface area contributed by atoms with Crippen molar-refractivity contribution < 1.29 is 13.2 Å². The summed E-state index contributed by atoms with van der Waals surface area (Å²) in [6, 6.07) is 10.5. The Morgan fingerprint density at radius 3 is 2.81 bits per heavy atom. The van der Waals surface area contributed by atoms with Crippen LogP contribution in [0.15, 0.2) is 42.7 Å². The molecule has 1 aliphatic carbocycles. The molecule has 1 fully saturated rings. The molecule has 162 valence electrons. The molecule has 0 spiro atoms. The summed E-state index contributed by atoms with van der Waals surface area (Å²) in [5.74, 6) is 1.40. The zero-order chi connectivity index (χ0) is 21.3. The number of benzene rings is 1. The van der Waals surface area contributed by atoms with Gasteiger partial charge in [0.15, 0.2) is 9.84 Å². The van der Waals surface area contributed by atoms with E-state index in [4.69, 9.17) is 9.72 Å². The summed E-state index contributed by atoms with van der Waals surface area (Å²) in [6.07, 6.45) is 7.74. The van der Waals surface area contributed by atoms with Crippen molar-refractivity contribution in [3.63, 3.8) is 0 Å². The molecule has 0 saturated carbocycles. The van der Waals surface area contributed by atoms with E-state index in [1.165, 1.54) is 17.5 Å². The Balaban J connectivity index is 1.37. The molecule has 7 heteroatoms. The van der Waals surface area contributed by atoms with E-state index in [2.05, 4.69) is 28.5 Å². The molecule has 3 aromatic rings. The fourth-order valence-electron chi connectivity index (χ4n) is 4.60. The topological polar surface area (TPSA) is 81.2 Å². The minimum absolute atomic E-state index is 0.182. The number of rotatable bonds is 7. The van der Waals surface area contributed by atoms with Crippen molar-refractivity contribution >= 4 is 20.7 Å². The van der Waals surface area contributed by atoms with Crippen molar-refractivity contribution in [2.75, 3.05) is 18.1 Å². The molecule has 1 aromatic carbocycles. The van der Waals surface area contributed by atoms with Gasteiger partial charge >= 0.3 is 0 Å². The van der Waals surface area contributed by atoms with Crippen LogP contribution >= 0.6 is 0 Å². The third-order valence-electron chi connectivity index (χ3n) is 6.24. The van der Waals surface area contributed by atoms with Crippen LogP contribution in [0.3, 0.4) is 0 Å². The van der Waals surface area contributed by atoms with Crippen molar-refractivity contribution in [1.82, 2.24) is 15.3 Å². The normalized spacial score (nSPS) is 19.5. The van der Waals surface area contributed by atoms with Crippen molar-refractivity contribution in [2.45, 2.75) is 38.8 Å². The minimum atomic E-state index is -2.86. The Bertz CT molecular complexity index is 1200. The molecule has 0 amide bonds. The maximum Gasteiger partial charge on any atom is 0.218 e. The van der Waals surface area contributed by atoms with Crippen LogP contribution in [0.5, 0.6) is 5.88 Å². The van der Waals surface area contributed by atoms with Crippen LogP contribution in [0.1, 0.15) is 35.1 Å². The lowest BCUT2D eigenvalue weighted by atomic mass is 10.0. The number of ether oxygens (including phenoxy) is 1. The van der Waals surface area contributed by atoms with Gasteiger partial charge in [-0.1, -0.05) is 6.07 Å². The molecular weight excluding hydrogens is 410 g/mol. The quantitative estimate of drug-likeness (QED) is 0.611. The number of pyridine rings is 2. The van der Waals surface area contributed by atoms with Gasteiger partial charge in [-0.3, -0.25) is 4.98 Å². The van der Waals surface area contributed by atoms with Crippen LogP contribution in [-0.4, -0.2) is 36.4 Å². The van der Waals surface area contributed by atoms with Gasteiger partial charge in [-0.25, -0.2) is 13.4 Å². The zero-order valence-corrected chi connectivity index (χ0v) is 18.3. The number of nitrogens with one attached hydrogen (secondary N) is 1. The van der Waals surface area contributed by atoms with Crippen molar-refractivity contribution in [3.8, 4) is 5.88 Å². The van der Waals surface area contributed by atoms with Crippen molar-refractivity contribution in [3.05, 3.63) is 65.0 Å². The summed E-state index contributed by atoms with van der Waals surface area (Å²) in [4.78, 5) is 9.01. The maximum absolute atomic E-state index is 11.7. The maximum atomic E-state index is 11.7. The number of hydrogen-bond acceptors (Lipinski definition) is 6. The zero-order valence-electron chi connectivity index (χ0n) is 17.5. The monoisotopic (exact) mass is 437 g/mol. The lowest BCUT2D eigenvalue weighted by Crippen LogP contribution is -2.23. The summed E-state index contributed by atoms with van der Waals surface area (Å²) >= 11 is 0. The fraction of sp³-hybridized carbons (Fsp3) is 0.417. The molecule has 31 heavy (non-hydrogen) atoms. The standard InChI is InChI=1S/C24H27N3O3S/c28-31(29)8-6-18(16-31)13-26-14-22-10-21-9-19-4-1-5-20(19)11-23(21)27-24(22)30-15-17-3-2-7-25-12-17/h2-3,7,9-12,18,26H,1,4-6,8,13-16H2. The van der Waals surface area contributed by atoms with Gasteiger partial charge in [0.1, 0.15) is 6.61 Å². The van der Waals surface area contributed by atoms with Crippen LogP contribution in [0.4, 0.5) is 0 Å². The van der Waals surface area contributed by atoms with E-state index in [9.17, 15) is 8.42 Å². The first-order valence-electron chi connectivity index (χ1n) is 10.9. The summed E-state index contributed by atoms with van der Waals surface area (Å²) < 4.78 is 29.6. The Hall–Kier alpha value is -2.51. The molecule has 2 aliphatic rings. The van der Waals surface area contributed by atoms with Crippen LogP contribution in [0, 0.1) is 5.92 Å². The Kier molecular flexibility index (Phi) is 5.63. The highest BCUT2D eigenvalue weighted by atomic mass is 32.2. The lowest BCUT2D eigenvalue weighted by Gasteiger charge is -2.15. The van der Waals surface area contributed by atoms with Gasteiger partial charge in [0.2, 0.25) is 5.88 Å². The number of hydrogen-bond donors (Lipinski definition) is 1. The van der Waals surface area contributed by atoms with Gasteiger partial charge in [-0.15, -0.1) is 0 Å². The molecule has 2 aromatic heterocycles. The minimum Gasteiger partial charge on any atom is -0.472 e. The Morgan fingerprint density at radius 1 is 1.16 bits per heavy atom. The van der Waals surface area contributed by atoms with E-state index in [-0.39, 0.29) is 11.7 Å². The first-order valence-corrected chi connectivity index (χ1v) is 12.8. The highest BCUT2D eigenvalue weighted by Crippen LogP contribution is 2.30. The summed E-state index contributed by atoms with van der Waals surface area (Å²) in [7, 11) is -2.86. The highest BCUT2D eigenvalue weighted by Gasteiger charge is 2.27. The molecule has 1 saturated heterocycles. The van der Waals surface area contributed by atoms with Gasteiger partial charge in [0.05, 0.1) is 17.0 Å².